The van der Waals surface area contributed by atoms with Gasteiger partial charge in [-0.3, -0.25) is 4.79 Å². The van der Waals surface area contributed by atoms with Crippen LogP contribution in [-0.2, 0) is 0 Å². The molecule has 6 nitrogen and oxygen atoms in total. The zero-order valence-electron chi connectivity index (χ0n) is 10.3. The van der Waals surface area contributed by atoms with Crippen molar-refractivity contribution in [2.24, 2.45) is 0 Å². The third-order valence-corrected chi connectivity index (χ3v) is 3.36. The Labute approximate surface area is 109 Å². The quantitative estimate of drug-likeness (QED) is 0.773. The highest BCUT2D eigenvalue weighted by Gasteiger charge is 2.25. The molecule has 1 atom stereocenters. The van der Waals surface area contributed by atoms with Gasteiger partial charge in [-0.15, -0.1) is 0 Å². The summed E-state index contributed by atoms with van der Waals surface area (Å²) in [6.45, 7) is 0.979. The first-order valence-electron chi connectivity index (χ1n) is 6.13. The Morgan fingerprint density at radius 1 is 1.42 bits per heavy atom. The molecule has 1 fully saturated rings. The number of nitrogens with zero attached hydrogens (tertiary/aromatic N) is 3. The van der Waals surface area contributed by atoms with E-state index in [4.69, 9.17) is 5.73 Å². The Morgan fingerprint density at radius 2 is 2.26 bits per heavy atom. The van der Waals surface area contributed by atoms with Crippen LogP contribution < -0.4 is 5.73 Å². The largest absolute Gasteiger partial charge is 0.391 e. The second kappa shape index (κ2) is 4.47. The lowest BCUT2D eigenvalue weighted by atomic mass is 10.1. The molecule has 0 unspecified atom stereocenters. The van der Waals surface area contributed by atoms with Gasteiger partial charge < -0.3 is 15.7 Å². The topological polar surface area (TPSA) is 92.3 Å². The number of β-amino-alcohol motifs (C(OH)–C–C–N with tert-alkyl or cyclic N) is 1. The summed E-state index contributed by atoms with van der Waals surface area (Å²) < 4.78 is 0. The van der Waals surface area contributed by atoms with Crippen LogP contribution in [0.1, 0.15) is 16.8 Å². The number of carbonyl (C=O) groups is 1. The van der Waals surface area contributed by atoms with Crippen LogP contribution in [0, 0.1) is 0 Å². The van der Waals surface area contributed by atoms with Crippen molar-refractivity contribution in [1.82, 2.24) is 14.9 Å². The van der Waals surface area contributed by atoms with Gasteiger partial charge in [0.15, 0.2) is 0 Å². The third kappa shape index (κ3) is 2.10. The van der Waals surface area contributed by atoms with Crippen LogP contribution in [0.25, 0.3) is 10.9 Å². The Hall–Kier alpha value is -2.21. The van der Waals surface area contributed by atoms with E-state index < -0.39 is 6.10 Å². The summed E-state index contributed by atoms with van der Waals surface area (Å²) in [5.74, 6) is 0.316. The molecule has 1 aromatic heterocycles. The molecular weight excluding hydrogens is 244 g/mol. The van der Waals surface area contributed by atoms with E-state index in [0.29, 0.717) is 36.4 Å². The van der Waals surface area contributed by atoms with Gasteiger partial charge in [-0.2, -0.15) is 0 Å². The van der Waals surface area contributed by atoms with Gasteiger partial charge in [-0.1, -0.05) is 0 Å². The van der Waals surface area contributed by atoms with Gasteiger partial charge in [0.2, 0.25) is 0 Å². The molecule has 0 spiro atoms. The summed E-state index contributed by atoms with van der Waals surface area (Å²) in [6.07, 6.45) is 1.60. The van der Waals surface area contributed by atoms with E-state index in [1.165, 1.54) is 6.33 Å². The maximum absolute atomic E-state index is 12.3. The predicted molar refractivity (Wildman–Crippen MR) is 70.5 cm³/mol. The molecule has 1 saturated heterocycles. The monoisotopic (exact) mass is 258 g/mol. The molecule has 0 bridgehead atoms. The van der Waals surface area contributed by atoms with E-state index in [-0.39, 0.29) is 5.91 Å². The fourth-order valence-electron chi connectivity index (χ4n) is 2.32. The highest BCUT2D eigenvalue weighted by atomic mass is 16.3. The minimum Gasteiger partial charge on any atom is -0.391 e. The average molecular weight is 258 g/mol. The first kappa shape index (κ1) is 11.9. The van der Waals surface area contributed by atoms with Crippen molar-refractivity contribution in [1.29, 1.82) is 0 Å². The summed E-state index contributed by atoms with van der Waals surface area (Å²) >= 11 is 0. The molecule has 2 heterocycles. The molecule has 0 aliphatic carbocycles. The van der Waals surface area contributed by atoms with Crippen LogP contribution in [0.15, 0.2) is 24.5 Å². The van der Waals surface area contributed by atoms with Crippen molar-refractivity contribution < 1.29 is 9.90 Å². The number of rotatable bonds is 1. The van der Waals surface area contributed by atoms with Crippen LogP contribution in [-0.4, -0.2) is 45.1 Å². The first-order valence-corrected chi connectivity index (χ1v) is 6.13. The number of nitrogens with two attached hydrogens (primary N) is 1. The lowest BCUT2D eigenvalue weighted by molar-refractivity contribution is 0.0765. The summed E-state index contributed by atoms with van der Waals surface area (Å²) in [6, 6.07) is 5.18. The Bertz CT molecular complexity index is 644. The third-order valence-electron chi connectivity index (χ3n) is 3.36. The van der Waals surface area contributed by atoms with E-state index >= 15 is 0 Å². The zero-order valence-corrected chi connectivity index (χ0v) is 10.3. The lowest BCUT2D eigenvalue weighted by Crippen LogP contribution is -2.29. The summed E-state index contributed by atoms with van der Waals surface area (Å²) in [4.78, 5) is 21.9. The summed E-state index contributed by atoms with van der Waals surface area (Å²) in [5, 5.41) is 10.2. The molecule has 98 valence electrons. The summed E-state index contributed by atoms with van der Waals surface area (Å²) in [5.41, 5.74) is 6.95. The van der Waals surface area contributed by atoms with Crippen LogP contribution in [0.2, 0.25) is 0 Å². The van der Waals surface area contributed by atoms with Crippen molar-refractivity contribution in [3.63, 3.8) is 0 Å². The second-order valence-electron chi connectivity index (χ2n) is 4.68. The smallest absolute Gasteiger partial charge is 0.254 e. The second-order valence-corrected chi connectivity index (χ2v) is 4.68. The van der Waals surface area contributed by atoms with Crippen molar-refractivity contribution in [3.8, 4) is 0 Å². The number of benzene rings is 1. The molecule has 1 aliphatic rings. The van der Waals surface area contributed by atoms with Crippen molar-refractivity contribution in [2.45, 2.75) is 12.5 Å². The highest BCUT2D eigenvalue weighted by Crippen LogP contribution is 2.20. The molecule has 3 N–H and O–H groups in total. The van der Waals surface area contributed by atoms with Gasteiger partial charge in [0.25, 0.3) is 5.91 Å². The van der Waals surface area contributed by atoms with Crippen LogP contribution in [0.4, 0.5) is 5.82 Å². The number of amides is 1. The number of nitrogen functional groups attached to an aromatic ring is 1. The van der Waals surface area contributed by atoms with Gasteiger partial charge in [0.05, 0.1) is 11.6 Å². The van der Waals surface area contributed by atoms with Crippen LogP contribution >= 0.6 is 0 Å². The molecule has 6 heteroatoms. The Balaban J connectivity index is 1.95. The highest BCUT2D eigenvalue weighted by molar-refractivity contribution is 5.99. The Kier molecular flexibility index (Phi) is 2.79. The fraction of sp³-hybridized carbons (Fsp3) is 0.308. The number of hydrogen-bond acceptors (Lipinski definition) is 5. The normalized spacial score (nSPS) is 19.0. The maximum atomic E-state index is 12.3. The Morgan fingerprint density at radius 3 is 3.00 bits per heavy atom. The number of hydrogen-bond donors (Lipinski definition) is 2. The predicted octanol–water partition coefficient (Wildman–Crippen LogP) is 0.419. The van der Waals surface area contributed by atoms with Crippen molar-refractivity contribution in [2.75, 3.05) is 18.8 Å². The molecule has 1 aromatic carbocycles. The number of anilines is 1. The number of carbonyl (C=O) groups excluding carboxylic acids is 1. The minimum absolute atomic E-state index is 0.0874. The molecule has 0 radical (unpaired) electrons. The maximum Gasteiger partial charge on any atom is 0.254 e. The fourth-order valence-corrected chi connectivity index (χ4v) is 2.32. The van der Waals surface area contributed by atoms with E-state index in [1.807, 2.05) is 0 Å². The molecular formula is C13H14N4O2. The van der Waals surface area contributed by atoms with Crippen molar-refractivity contribution >= 4 is 22.6 Å². The number of fused-ring (bicyclic) bond motifs is 1. The number of aromatic nitrogens is 2. The molecule has 1 aliphatic heterocycles. The van der Waals surface area contributed by atoms with E-state index in [1.54, 1.807) is 23.1 Å². The van der Waals surface area contributed by atoms with Gasteiger partial charge in [-0.25, -0.2) is 9.97 Å². The first-order chi connectivity index (χ1) is 9.15. The van der Waals surface area contributed by atoms with E-state index in [9.17, 15) is 9.90 Å². The van der Waals surface area contributed by atoms with E-state index in [2.05, 4.69) is 9.97 Å². The lowest BCUT2D eigenvalue weighted by Gasteiger charge is -2.15. The van der Waals surface area contributed by atoms with Gasteiger partial charge in [0, 0.05) is 24.0 Å². The number of aliphatic hydroxyl groups excluding tert-OH is 1. The minimum atomic E-state index is -0.414. The summed E-state index contributed by atoms with van der Waals surface area (Å²) in [7, 11) is 0. The van der Waals surface area contributed by atoms with Crippen LogP contribution in [0.3, 0.4) is 0 Å². The zero-order chi connectivity index (χ0) is 13.4. The standard InChI is InChI=1S/C13H14N4O2/c14-12-10-2-1-8(5-11(10)15-7-16-12)13(19)17-4-3-9(18)6-17/h1-2,5,7,9,18H,3-4,6H2,(H2,14,15,16)/t9-/m0/s1. The van der Waals surface area contributed by atoms with Gasteiger partial charge in [-0.05, 0) is 24.6 Å². The van der Waals surface area contributed by atoms with E-state index in [0.717, 1.165) is 5.39 Å². The number of aliphatic hydroxyl groups is 1. The molecule has 1 amide bonds. The van der Waals surface area contributed by atoms with Gasteiger partial charge in [0.1, 0.15) is 12.1 Å². The SMILES string of the molecule is Nc1ncnc2cc(C(=O)N3CC[C@H](O)C3)ccc12. The van der Waals surface area contributed by atoms with Gasteiger partial charge >= 0.3 is 0 Å². The van der Waals surface area contributed by atoms with Crippen molar-refractivity contribution in [3.05, 3.63) is 30.1 Å². The van der Waals surface area contributed by atoms with Crippen LogP contribution in [0.5, 0.6) is 0 Å². The molecule has 0 saturated carbocycles. The average Bonchev–Trinajstić information content (AvgIpc) is 2.84. The molecule has 3 rings (SSSR count). The molecule has 19 heavy (non-hydrogen) atoms. The number of likely N-dealkylation sites (tertiary alicyclic amines) is 1. The molecule has 2 aromatic rings.